The van der Waals surface area contributed by atoms with E-state index in [2.05, 4.69) is 44.1 Å². The lowest BCUT2D eigenvalue weighted by Crippen LogP contribution is -2.40. The van der Waals surface area contributed by atoms with Gasteiger partial charge in [0.25, 0.3) is 0 Å². The molecular formula is C15H32Br2N2. The van der Waals surface area contributed by atoms with Crippen LogP contribution in [0.3, 0.4) is 0 Å². The Hall–Kier alpha value is 0.880. The molecular weight excluding hydrogens is 368 g/mol. The van der Waals surface area contributed by atoms with Crippen molar-refractivity contribution >= 4 is 31.9 Å². The zero-order chi connectivity index (χ0) is 14.4. The summed E-state index contributed by atoms with van der Waals surface area (Å²) >= 11 is 6.98. The molecule has 0 saturated carbocycles. The molecule has 0 saturated heterocycles. The molecule has 3 N–H and O–H groups in total. The van der Waals surface area contributed by atoms with Crippen molar-refractivity contribution in [2.45, 2.75) is 80.9 Å². The summed E-state index contributed by atoms with van der Waals surface area (Å²) in [7, 11) is 0. The average Bonchev–Trinajstić information content (AvgIpc) is 2.40. The SMILES string of the molecule is CCCCCCCCCCCCCNC(Br)(Br)CN. The van der Waals surface area contributed by atoms with Gasteiger partial charge in [-0.15, -0.1) is 0 Å². The van der Waals surface area contributed by atoms with Gasteiger partial charge in [-0.2, -0.15) is 0 Å². The summed E-state index contributed by atoms with van der Waals surface area (Å²) in [5.74, 6) is 0. The number of unbranched alkanes of at least 4 members (excludes halogenated alkanes) is 10. The molecule has 0 spiro atoms. The summed E-state index contributed by atoms with van der Waals surface area (Å²) in [6.07, 6.45) is 15.3. The van der Waals surface area contributed by atoms with Crippen LogP contribution in [0.15, 0.2) is 0 Å². The van der Waals surface area contributed by atoms with Crippen LogP contribution in [-0.2, 0) is 0 Å². The summed E-state index contributed by atoms with van der Waals surface area (Å²) in [6.45, 7) is 3.84. The van der Waals surface area contributed by atoms with Crippen LogP contribution in [0.4, 0.5) is 0 Å². The standard InChI is InChI=1S/C15H32Br2N2/c1-2-3-4-5-6-7-8-9-10-11-12-13-19-15(16,17)14-18/h19H,2-14,18H2,1H3. The van der Waals surface area contributed by atoms with E-state index in [9.17, 15) is 0 Å². The minimum absolute atomic E-state index is 0.265. The molecule has 2 nitrogen and oxygen atoms in total. The van der Waals surface area contributed by atoms with Gasteiger partial charge in [0.15, 0.2) is 0 Å². The highest BCUT2D eigenvalue weighted by Gasteiger charge is 2.17. The molecule has 0 heterocycles. The predicted molar refractivity (Wildman–Crippen MR) is 94.1 cm³/mol. The van der Waals surface area contributed by atoms with Gasteiger partial charge in [0.05, 0.1) is 0 Å². The smallest absolute Gasteiger partial charge is 0.142 e. The van der Waals surface area contributed by atoms with Crippen molar-refractivity contribution in [2.24, 2.45) is 5.73 Å². The molecule has 4 heteroatoms. The topological polar surface area (TPSA) is 38.0 Å². The third kappa shape index (κ3) is 15.1. The van der Waals surface area contributed by atoms with Gasteiger partial charge < -0.3 is 5.73 Å². The van der Waals surface area contributed by atoms with E-state index in [0.717, 1.165) is 6.54 Å². The average molecular weight is 400 g/mol. The third-order valence-corrected chi connectivity index (χ3v) is 4.63. The van der Waals surface area contributed by atoms with Gasteiger partial charge >= 0.3 is 0 Å². The number of nitrogens with one attached hydrogen (secondary N) is 1. The highest BCUT2D eigenvalue weighted by molar-refractivity contribution is 9.25. The van der Waals surface area contributed by atoms with E-state index >= 15 is 0 Å². The number of halogens is 2. The van der Waals surface area contributed by atoms with Crippen LogP contribution in [0, 0.1) is 0 Å². The molecule has 0 bridgehead atoms. The van der Waals surface area contributed by atoms with Gasteiger partial charge in [0.1, 0.15) is 3.36 Å². The monoisotopic (exact) mass is 398 g/mol. The number of rotatable bonds is 14. The Labute approximate surface area is 136 Å². The van der Waals surface area contributed by atoms with E-state index in [-0.39, 0.29) is 3.36 Å². The number of hydrogen-bond acceptors (Lipinski definition) is 2. The van der Waals surface area contributed by atoms with Crippen molar-refractivity contribution in [1.29, 1.82) is 0 Å². The van der Waals surface area contributed by atoms with Crippen LogP contribution in [-0.4, -0.2) is 16.4 Å². The van der Waals surface area contributed by atoms with Gasteiger partial charge in [0, 0.05) is 6.54 Å². The molecule has 116 valence electrons. The van der Waals surface area contributed by atoms with Crippen LogP contribution >= 0.6 is 31.9 Å². The van der Waals surface area contributed by atoms with E-state index < -0.39 is 0 Å². The molecule has 0 fully saturated rings. The number of alkyl halides is 2. The Kier molecular flexibility index (Phi) is 14.5. The van der Waals surface area contributed by atoms with Gasteiger partial charge in [-0.25, -0.2) is 0 Å². The molecule has 0 rings (SSSR count). The maximum absolute atomic E-state index is 5.59. The fraction of sp³-hybridized carbons (Fsp3) is 1.00. The van der Waals surface area contributed by atoms with Crippen molar-refractivity contribution in [2.75, 3.05) is 13.1 Å². The lowest BCUT2D eigenvalue weighted by molar-refractivity contribution is 0.533. The second-order valence-electron chi connectivity index (χ2n) is 5.37. The predicted octanol–water partition coefficient (Wildman–Crippen LogP) is 5.29. The zero-order valence-corrected chi connectivity index (χ0v) is 15.7. The summed E-state index contributed by atoms with van der Waals surface area (Å²) in [5.41, 5.74) is 5.59. The highest BCUT2D eigenvalue weighted by atomic mass is 79.9. The maximum atomic E-state index is 5.59. The number of nitrogens with two attached hydrogens (primary N) is 1. The van der Waals surface area contributed by atoms with E-state index in [1.54, 1.807) is 0 Å². The quantitative estimate of drug-likeness (QED) is 0.236. The molecule has 0 amide bonds. The second-order valence-corrected chi connectivity index (χ2v) is 9.14. The molecule has 0 aliphatic rings. The molecule has 19 heavy (non-hydrogen) atoms. The Morgan fingerprint density at radius 3 is 1.63 bits per heavy atom. The summed E-state index contributed by atoms with van der Waals surface area (Å²) in [5, 5.41) is 3.35. The molecule has 0 radical (unpaired) electrons. The Morgan fingerprint density at radius 2 is 1.21 bits per heavy atom. The molecule has 0 aromatic carbocycles. The molecule has 0 aromatic heterocycles. The summed E-state index contributed by atoms with van der Waals surface area (Å²) in [4.78, 5) is 0. The van der Waals surface area contributed by atoms with E-state index in [4.69, 9.17) is 5.73 Å². The maximum Gasteiger partial charge on any atom is 0.142 e. The second kappa shape index (κ2) is 13.8. The fourth-order valence-electron chi connectivity index (χ4n) is 2.13. The van der Waals surface area contributed by atoms with Crippen molar-refractivity contribution in [3.8, 4) is 0 Å². The Bertz CT molecular complexity index is 187. The van der Waals surface area contributed by atoms with Crippen LogP contribution in [0.5, 0.6) is 0 Å². The van der Waals surface area contributed by atoms with Gasteiger partial charge in [-0.1, -0.05) is 103 Å². The van der Waals surface area contributed by atoms with E-state index in [1.165, 1.54) is 70.6 Å². The third-order valence-electron chi connectivity index (χ3n) is 3.42. The van der Waals surface area contributed by atoms with Crippen LogP contribution in [0.1, 0.15) is 77.6 Å². The van der Waals surface area contributed by atoms with Crippen LogP contribution in [0.2, 0.25) is 0 Å². The lowest BCUT2D eigenvalue weighted by Gasteiger charge is -2.19. The first kappa shape index (κ1) is 19.9. The number of hydrogen-bond donors (Lipinski definition) is 2. The highest BCUT2D eigenvalue weighted by Crippen LogP contribution is 2.20. The molecule has 0 aromatic rings. The van der Waals surface area contributed by atoms with Crippen molar-refractivity contribution in [3.63, 3.8) is 0 Å². The minimum Gasteiger partial charge on any atom is -0.327 e. The van der Waals surface area contributed by atoms with Crippen molar-refractivity contribution < 1.29 is 0 Å². The lowest BCUT2D eigenvalue weighted by atomic mass is 10.1. The summed E-state index contributed by atoms with van der Waals surface area (Å²) in [6, 6.07) is 0. The van der Waals surface area contributed by atoms with Gasteiger partial charge in [0.2, 0.25) is 0 Å². The first-order chi connectivity index (χ1) is 9.12. The van der Waals surface area contributed by atoms with Gasteiger partial charge in [-0.05, 0) is 13.0 Å². The van der Waals surface area contributed by atoms with Crippen molar-refractivity contribution in [1.82, 2.24) is 5.32 Å². The largest absolute Gasteiger partial charge is 0.327 e. The summed E-state index contributed by atoms with van der Waals surface area (Å²) < 4.78 is -0.265. The molecule has 0 aliphatic carbocycles. The first-order valence-corrected chi connectivity index (χ1v) is 9.54. The Morgan fingerprint density at radius 1 is 0.789 bits per heavy atom. The fourth-order valence-corrected chi connectivity index (χ4v) is 2.53. The molecule has 0 aliphatic heterocycles. The van der Waals surface area contributed by atoms with Crippen LogP contribution < -0.4 is 11.1 Å². The van der Waals surface area contributed by atoms with Crippen LogP contribution in [0.25, 0.3) is 0 Å². The van der Waals surface area contributed by atoms with E-state index in [0.29, 0.717) is 6.54 Å². The molecule has 0 atom stereocenters. The first-order valence-electron chi connectivity index (χ1n) is 7.95. The van der Waals surface area contributed by atoms with Crippen molar-refractivity contribution in [3.05, 3.63) is 0 Å². The zero-order valence-electron chi connectivity index (χ0n) is 12.5. The Balaban J connectivity index is 3.07. The normalized spacial score (nSPS) is 12.0. The van der Waals surface area contributed by atoms with E-state index in [1.807, 2.05) is 0 Å². The molecule has 0 unspecified atom stereocenters. The minimum atomic E-state index is -0.265. The van der Waals surface area contributed by atoms with Gasteiger partial charge in [-0.3, -0.25) is 5.32 Å².